The van der Waals surface area contributed by atoms with Crippen LogP contribution in [0.15, 0.2) is 77.4 Å². The van der Waals surface area contributed by atoms with Crippen molar-refractivity contribution < 1.29 is 18.3 Å². The molecule has 4 nitrogen and oxygen atoms in total. The SMILES string of the molecule is O=C(OCc1cccc(F)c1)c1cc(-c2ccco2)nc2ccccc12. The first-order valence-corrected chi connectivity index (χ1v) is 8.06. The molecule has 0 bridgehead atoms. The van der Waals surface area contributed by atoms with Crippen molar-refractivity contribution >= 4 is 16.9 Å². The van der Waals surface area contributed by atoms with E-state index >= 15 is 0 Å². The van der Waals surface area contributed by atoms with Gasteiger partial charge in [-0.3, -0.25) is 0 Å². The van der Waals surface area contributed by atoms with Crippen LogP contribution >= 0.6 is 0 Å². The van der Waals surface area contributed by atoms with Crippen LogP contribution in [-0.4, -0.2) is 11.0 Å². The lowest BCUT2D eigenvalue weighted by Crippen LogP contribution is -2.07. The van der Waals surface area contributed by atoms with Crippen molar-refractivity contribution in [3.05, 3.63) is 89.9 Å². The maximum Gasteiger partial charge on any atom is 0.339 e. The Morgan fingerprint density at radius 2 is 1.92 bits per heavy atom. The Labute approximate surface area is 148 Å². The number of aromatic nitrogens is 1. The minimum Gasteiger partial charge on any atom is -0.463 e. The van der Waals surface area contributed by atoms with E-state index in [1.807, 2.05) is 24.3 Å². The van der Waals surface area contributed by atoms with Gasteiger partial charge in [0.2, 0.25) is 0 Å². The second-order valence-corrected chi connectivity index (χ2v) is 5.76. The van der Waals surface area contributed by atoms with Crippen molar-refractivity contribution in [1.29, 1.82) is 0 Å². The van der Waals surface area contributed by atoms with Gasteiger partial charge in [-0.25, -0.2) is 14.2 Å². The summed E-state index contributed by atoms with van der Waals surface area (Å²) in [5.41, 5.74) is 2.19. The summed E-state index contributed by atoms with van der Waals surface area (Å²) in [5.74, 6) is -0.302. The second kappa shape index (κ2) is 6.80. The van der Waals surface area contributed by atoms with E-state index in [0.717, 1.165) is 0 Å². The van der Waals surface area contributed by atoms with E-state index < -0.39 is 5.97 Å². The lowest BCUT2D eigenvalue weighted by molar-refractivity contribution is 0.0474. The number of benzene rings is 2. The number of furan rings is 1. The molecule has 26 heavy (non-hydrogen) atoms. The zero-order valence-corrected chi connectivity index (χ0v) is 13.7. The lowest BCUT2D eigenvalue weighted by Gasteiger charge is -2.09. The second-order valence-electron chi connectivity index (χ2n) is 5.76. The molecule has 0 N–H and O–H groups in total. The van der Waals surface area contributed by atoms with Gasteiger partial charge in [0.05, 0.1) is 17.3 Å². The topological polar surface area (TPSA) is 52.3 Å². The van der Waals surface area contributed by atoms with Crippen LogP contribution in [0.3, 0.4) is 0 Å². The van der Waals surface area contributed by atoms with Gasteiger partial charge >= 0.3 is 5.97 Å². The first kappa shape index (κ1) is 16.0. The maximum absolute atomic E-state index is 13.3. The number of para-hydroxylation sites is 1. The van der Waals surface area contributed by atoms with Crippen molar-refractivity contribution in [2.45, 2.75) is 6.61 Å². The molecular weight excluding hydrogens is 333 g/mol. The molecule has 0 atom stereocenters. The number of carbonyl (C=O) groups excluding carboxylic acids is 1. The van der Waals surface area contributed by atoms with E-state index in [4.69, 9.17) is 9.15 Å². The molecule has 5 heteroatoms. The predicted molar refractivity (Wildman–Crippen MR) is 95.0 cm³/mol. The quantitative estimate of drug-likeness (QED) is 0.488. The minimum atomic E-state index is -0.499. The average molecular weight is 347 g/mol. The van der Waals surface area contributed by atoms with E-state index in [9.17, 15) is 9.18 Å². The van der Waals surface area contributed by atoms with Crippen LogP contribution in [0, 0.1) is 5.82 Å². The molecule has 0 aliphatic carbocycles. The summed E-state index contributed by atoms with van der Waals surface area (Å²) in [6.07, 6.45) is 1.55. The van der Waals surface area contributed by atoms with Crippen LogP contribution in [0.1, 0.15) is 15.9 Å². The number of carbonyl (C=O) groups is 1. The van der Waals surface area contributed by atoms with Gasteiger partial charge in [0.15, 0.2) is 5.76 Å². The number of hydrogen-bond donors (Lipinski definition) is 0. The fraction of sp³-hybridized carbons (Fsp3) is 0.0476. The van der Waals surface area contributed by atoms with Crippen LogP contribution in [0.25, 0.3) is 22.4 Å². The molecule has 128 valence electrons. The maximum atomic E-state index is 13.3. The van der Waals surface area contributed by atoms with E-state index in [-0.39, 0.29) is 12.4 Å². The van der Waals surface area contributed by atoms with Crippen LogP contribution < -0.4 is 0 Å². The molecule has 0 fully saturated rings. The van der Waals surface area contributed by atoms with Gasteiger partial charge in [0.25, 0.3) is 0 Å². The highest BCUT2D eigenvalue weighted by Crippen LogP contribution is 2.26. The summed E-state index contributed by atoms with van der Waals surface area (Å²) < 4.78 is 24.0. The highest BCUT2D eigenvalue weighted by atomic mass is 19.1. The summed E-state index contributed by atoms with van der Waals surface area (Å²) in [4.78, 5) is 17.2. The molecule has 0 aliphatic rings. The van der Waals surface area contributed by atoms with Crippen molar-refractivity contribution in [2.24, 2.45) is 0 Å². The van der Waals surface area contributed by atoms with Gasteiger partial charge in [-0.15, -0.1) is 0 Å². The van der Waals surface area contributed by atoms with Gasteiger partial charge in [0.1, 0.15) is 18.1 Å². The van der Waals surface area contributed by atoms with E-state index in [0.29, 0.717) is 33.5 Å². The van der Waals surface area contributed by atoms with Crippen molar-refractivity contribution in [2.75, 3.05) is 0 Å². The molecule has 4 aromatic rings. The first-order chi connectivity index (χ1) is 12.7. The van der Waals surface area contributed by atoms with Crippen molar-refractivity contribution in [1.82, 2.24) is 4.98 Å². The Kier molecular flexibility index (Phi) is 4.19. The Morgan fingerprint density at radius 1 is 1.04 bits per heavy atom. The van der Waals surface area contributed by atoms with Gasteiger partial charge in [0, 0.05) is 5.39 Å². The largest absolute Gasteiger partial charge is 0.463 e. The third kappa shape index (κ3) is 3.19. The minimum absolute atomic E-state index is 0.0106. The summed E-state index contributed by atoms with van der Waals surface area (Å²) in [7, 11) is 0. The molecule has 4 rings (SSSR count). The highest BCUT2D eigenvalue weighted by Gasteiger charge is 2.16. The first-order valence-electron chi connectivity index (χ1n) is 8.06. The van der Waals surface area contributed by atoms with E-state index in [1.54, 1.807) is 36.6 Å². The number of rotatable bonds is 4. The molecule has 2 aromatic carbocycles. The predicted octanol–water partition coefficient (Wildman–Crippen LogP) is 4.99. The Balaban J connectivity index is 1.69. The molecule has 0 unspecified atom stereocenters. The molecule has 0 aliphatic heterocycles. The third-order valence-corrected chi connectivity index (χ3v) is 3.97. The third-order valence-electron chi connectivity index (χ3n) is 3.97. The fourth-order valence-corrected chi connectivity index (χ4v) is 2.75. The van der Waals surface area contributed by atoms with Gasteiger partial charge < -0.3 is 9.15 Å². The van der Waals surface area contributed by atoms with Crippen LogP contribution in [-0.2, 0) is 11.3 Å². The fourth-order valence-electron chi connectivity index (χ4n) is 2.75. The molecule has 0 saturated heterocycles. The van der Waals surface area contributed by atoms with Gasteiger partial charge in [-0.1, -0.05) is 30.3 Å². The van der Waals surface area contributed by atoms with Crippen molar-refractivity contribution in [3.63, 3.8) is 0 Å². The monoisotopic (exact) mass is 347 g/mol. The molecular formula is C21H14FNO3. The molecule has 2 aromatic heterocycles. The van der Waals surface area contributed by atoms with Crippen molar-refractivity contribution in [3.8, 4) is 11.5 Å². The number of fused-ring (bicyclic) bond motifs is 1. The normalized spacial score (nSPS) is 10.8. The number of hydrogen-bond acceptors (Lipinski definition) is 4. The Morgan fingerprint density at radius 3 is 2.73 bits per heavy atom. The molecule has 2 heterocycles. The molecule has 0 radical (unpaired) electrons. The van der Waals surface area contributed by atoms with Crippen LogP contribution in [0.4, 0.5) is 4.39 Å². The van der Waals surface area contributed by atoms with E-state index in [1.165, 1.54) is 12.1 Å². The Bertz CT molecular complexity index is 1070. The zero-order chi connectivity index (χ0) is 17.9. The summed E-state index contributed by atoms with van der Waals surface area (Å²) in [5, 5.41) is 0.687. The number of nitrogens with zero attached hydrogens (tertiary/aromatic N) is 1. The summed E-state index contributed by atoms with van der Waals surface area (Å²) in [6.45, 7) is -0.0106. The highest BCUT2D eigenvalue weighted by molar-refractivity contribution is 6.04. The van der Waals surface area contributed by atoms with Gasteiger partial charge in [-0.05, 0) is 42.0 Å². The zero-order valence-electron chi connectivity index (χ0n) is 13.7. The number of esters is 1. The standard InChI is InChI=1S/C21H14FNO3/c22-15-6-3-5-14(11-15)13-26-21(24)17-12-19(20-9-4-10-25-20)23-18-8-2-1-7-16(17)18/h1-12H,13H2. The smallest absolute Gasteiger partial charge is 0.339 e. The lowest BCUT2D eigenvalue weighted by atomic mass is 10.1. The number of halogens is 1. The molecule has 0 amide bonds. The van der Waals surface area contributed by atoms with E-state index in [2.05, 4.69) is 4.98 Å². The number of pyridine rings is 1. The molecule has 0 saturated carbocycles. The summed E-state index contributed by atoms with van der Waals surface area (Å²) in [6, 6.07) is 18.5. The average Bonchev–Trinajstić information content (AvgIpc) is 3.20. The van der Waals surface area contributed by atoms with Crippen LogP contribution in [0.2, 0.25) is 0 Å². The van der Waals surface area contributed by atoms with Gasteiger partial charge in [-0.2, -0.15) is 0 Å². The number of ether oxygens (including phenoxy) is 1. The Hall–Kier alpha value is -3.47. The summed E-state index contributed by atoms with van der Waals surface area (Å²) >= 11 is 0. The van der Waals surface area contributed by atoms with Crippen LogP contribution in [0.5, 0.6) is 0 Å². The molecule has 0 spiro atoms.